The van der Waals surface area contributed by atoms with Crippen molar-refractivity contribution in [1.29, 1.82) is 0 Å². The quantitative estimate of drug-likeness (QED) is 0.829. The molecule has 2 rings (SSSR count). The Hall–Kier alpha value is -1.95. The predicted molar refractivity (Wildman–Crippen MR) is 71.1 cm³/mol. The zero-order valence-corrected chi connectivity index (χ0v) is 11.4. The van der Waals surface area contributed by atoms with Crippen molar-refractivity contribution in [2.75, 3.05) is 19.7 Å². The van der Waals surface area contributed by atoms with Gasteiger partial charge in [0.15, 0.2) is 0 Å². The first kappa shape index (κ1) is 14.5. The lowest BCUT2D eigenvalue weighted by atomic mass is 9.95. The molecule has 108 valence electrons. The molecule has 0 saturated carbocycles. The summed E-state index contributed by atoms with van der Waals surface area (Å²) in [6, 6.07) is 3.79. The number of hydrogen-bond donors (Lipinski definition) is 1. The third kappa shape index (κ3) is 3.77. The van der Waals surface area contributed by atoms with Crippen LogP contribution in [0, 0.1) is 0 Å². The lowest BCUT2D eigenvalue weighted by Gasteiger charge is -2.47. The topological polar surface area (TPSA) is 79.7 Å². The molecule has 0 radical (unpaired) electrons. The molecule has 1 aliphatic heterocycles. The van der Waals surface area contributed by atoms with Gasteiger partial charge in [0.1, 0.15) is 12.2 Å². The van der Waals surface area contributed by atoms with E-state index in [0.29, 0.717) is 25.9 Å². The van der Waals surface area contributed by atoms with Crippen molar-refractivity contribution in [3.05, 3.63) is 30.1 Å². The van der Waals surface area contributed by atoms with E-state index in [9.17, 15) is 9.59 Å². The Morgan fingerprint density at radius 1 is 1.50 bits per heavy atom. The molecule has 2 heterocycles. The fraction of sp³-hybridized carbons (Fsp3) is 0.500. The van der Waals surface area contributed by atoms with E-state index in [-0.39, 0.29) is 12.5 Å². The van der Waals surface area contributed by atoms with Crippen molar-refractivity contribution >= 4 is 11.9 Å². The maximum absolute atomic E-state index is 12.0. The average Bonchev–Trinajstić information content (AvgIpc) is 2.40. The second-order valence-electron chi connectivity index (χ2n) is 5.24. The first-order chi connectivity index (χ1) is 9.48. The van der Waals surface area contributed by atoms with E-state index < -0.39 is 11.6 Å². The summed E-state index contributed by atoms with van der Waals surface area (Å²) in [5, 5.41) is 8.57. The molecule has 0 aromatic carbocycles. The van der Waals surface area contributed by atoms with Crippen molar-refractivity contribution in [2.45, 2.75) is 25.4 Å². The predicted octanol–water partition coefficient (Wildman–Crippen LogP) is 0.716. The lowest BCUT2D eigenvalue weighted by Crippen LogP contribution is -2.63. The summed E-state index contributed by atoms with van der Waals surface area (Å²) in [5.74, 6) is -0.933. The number of carboxylic acids is 1. The number of nitrogens with zero attached hydrogens (tertiary/aromatic N) is 2. The van der Waals surface area contributed by atoms with Crippen LogP contribution in [0.5, 0.6) is 0 Å². The van der Waals surface area contributed by atoms with E-state index >= 15 is 0 Å². The number of hydrogen-bond acceptors (Lipinski definition) is 4. The van der Waals surface area contributed by atoms with E-state index in [1.807, 2.05) is 19.1 Å². The molecule has 1 aromatic rings. The smallest absolute Gasteiger partial charge is 0.329 e. The van der Waals surface area contributed by atoms with Crippen molar-refractivity contribution in [3.8, 4) is 0 Å². The second kappa shape index (κ2) is 6.00. The molecule has 6 heteroatoms. The van der Waals surface area contributed by atoms with Gasteiger partial charge in [-0.15, -0.1) is 0 Å². The van der Waals surface area contributed by atoms with Crippen LogP contribution in [0.1, 0.15) is 18.9 Å². The maximum atomic E-state index is 12.0. The maximum Gasteiger partial charge on any atom is 0.329 e. The van der Waals surface area contributed by atoms with E-state index in [2.05, 4.69) is 4.98 Å². The van der Waals surface area contributed by atoms with Crippen LogP contribution in [-0.2, 0) is 20.7 Å². The van der Waals surface area contributed by atoms with Gasteiger partial charge < -0.3 is 14.7 Å². The monoisotopic (exact) mass is 278 g/mol. The Bertz CT molecular complexity index is 483. The van der Waals surface area contributed by atoms with Crippen LogP contribution in [0.2, 0.25) is 0 Å². The number of carbonyl (C=O) groups excluding carboxylic acids is 1. The number of aliphatic carboxylic acids is 1. The number of pyridine rings is 1. The lowest BCUT2D eigenvalue weighted by molar-refractivity contribution is -0.173. The highest BCUT2D eigenvalue weighted by Gasteiger charge is 2.42. The molecule has 1 aromatic heterocycles. The van der Waals surface area contributed by atoms with Gasteiger partial charge in [-0.3, -0.25) is 9.78 Å². The van der Waals surface area contributed by atoms with Crippen LogP contribution >= 0.6 is 0 Å². The molecule has 1 aliphatic rings. The molecule has 0 unspecified atom stereocenters. The van der Waals surface area contributed by atoms with Crippen LogP contribution in [0.25, 0.3) is 0 Å². The second-order valence-corrected chi connectivity index (χ2v) is 5.24. The van der Waals surface area contributed by atoms with Crippen molar-refractivity contribution in [3.63, 3.8) is 0 Å². The molecule has 0 bridgehead atoms. The SMILES string of the molecule is CC1(OCC(=O)O)CN(C(=O)CCc2cccnc2)C1. The highest BCUT2D eigenvalue weighted by atomic mass is 16.5. The number of ether oxygens (including phenoxy) is 1. The number of likely N-dealkylation sites (tertiary alicyclic amines) is 1. The average molecular weight is 278 g/mol. The standard InChI is InChI=1S/C14H18N2O4/c1-14(20-8-13(18)19)9-16(10-14)12(17)5-4-11-3-2-6-15-7-11/h2-3,6-7H,4-5,8-10H2,1H3,(H,18,19). The van der Waals surface area contributed by atoms with Crippen LogP contribution in [-0.4, -0.2) is 52.2 Å². The van der Waals surface area contributed by atoms with Crippen LogP contribution < -0.4 is 0 Å². The third-order valence-corrected chi connectivity index (χ3v) is 3.30. The van der Waals surface area contributed by atoms with Gasteiger partial charge in [0.25, 0.3) is 0 Å². The Balaban J connectivity index is 1.72. The molecule has 0 spiro atoms. The zero-order valence-electron chi connectivity index (χ0n) is 11.4. The first-order valence-electron chi connectivity index (χ1n) is 6.51. The van der Waals surface area contributed by atoms with Gasteiger partial charge in [0.05, 0.1) is 13.1 Å². The zero-order chi connectivity index (χ0) is 14.6. The summed E-state index contributed by atoms with van der Waals surface area (Å²) >= 11 is 0. The van der Waals surface area contributed by atoms with Crippen molar-refractivity contribution in [2.24, 2.45) is 0 Å². The fourth-order valence-electron chi connectivity index (χ4n) is 2.22. The Kier molecular flexibility index (Phi) is 4.34. The molecule has 1 fully saturated rings. The van der Waals surface area contributed by atoms with Crippen LogP contribution in [0.4, 0.5) is 0 Å². The molecule has 20 heavy (non-hydrogen) atoms. The largest absolute Gasteiger partial charge is 0.480 e. The number of carboxylic acid groups (broad SMARTS) is 1. The normalized spacial score (nSPS) is 16.6. The summed E-state index contributed by atoms with van der Waals surface area (Å²) in [6.07, 6.45) is 4.55. The summed E-state index contributed by atoms with van der Waals surface area (Å²) in [4.78, 5) is 28.1. The van der Waals surface area contributed by atoms with Gasteiger partial charge in [-0.2, -0.15) is 0 Å². The van der Waals surface area contributed by atoms with Gasteiger partial charge in [-0.25, -0.2) is 4.79 Å². The van der Waals surface area contributed by atoms with Crippen molar-refractivity contribution < 1.29 is 19.4 Å². The van der Waals surface area contributed by atoms with Gasteiger partial charge >= 0.3 is 5.97 Å². The Labute approximate surface area is 117 Å². The Morgan fingerprint density at radius 2 is 2.25 bits per heavy atom. The third-order valence-electron chi connectivity index (χ3n) is 3.30. The number of aromatic nitrogens is 1. The molecular weight excluding hydrogens is 260 g/mol. The molecule has 6 nitrogen and oxygen atoms in total. The summed E-state index contributed by atoms with van der Waals surface area (Å²) in [5.41, 5.74) is 0.508. The van der Waals surface area contributed by atoms with E-state index in [1.54, 1.807) is 17.3 Å². The minimum Gasteiger partial charge on any atom is -0.480 e. The van der Waals surface area contributed by atoms with Gasteiger partial charge in [-0.1, -0.05) is 6.07 Å². The van der Waals surface area contributed by atoms with E-state index in [1.165, 1.54) is 0 Å². The van der Waals surface area contributed by atoms with Crippen LogP contribution in [0.3, 0.4) is 0 Å². The van der Waals surface area contributed by atoms with Gasteiger partial charge in [0.2, 0.25) is 5.91 Å². The molecule has 1 amide bonds. The van der Waals surface area contributed by atoms with Gasteiger partial charge in [0, 0.05) is 18.8 Å². The highest BCUT2D eigenvalue weighted by molar-refractivity contribution is 5.77. The molecule has 1 saturated heterocycles. The molecular formula is C14H18N2O4. The number of carbonyl (C=O) groups is 2. The van der Waals surface area contributed by atoms with Crippen molar-refractivity contribution in [1.82, 2.24) is 9.88 Å². The minimum atomic E-state index is -0.993. The summed E-state index contributed by atoms with van der Waals surface area (Å²) in [6.45, 7) is 2.40. The van der Waals surface area contributed by atoms with Gasteiger partial charge in [-0.05, 0) is 25.0 Å². The Morgan fingerprint density at radius 3 is 2.85 bits per heavy atom. The highest BCUT2D eigenvalue weighted by Crippen LogP contribution is 2.25. The number of rotatable bonds is 6. The molecule has 0 atom stereocenters. The van der Waals surface area contributed by atoms with E-state index in [0.717, 1.165) is 5.56 Å². The minimum absolute atomic E-state index is 0.0604. The first-order valence-corrected chi connectivity index (χ1v) is 6.51. The van der Waals surface area contributed by atoms with E-state index in [4.69, 9.17) is 9.84 Å². The number of aryl methyl sites for hydroxylation is 1. The number of amides is 1. The molecule has 0 aliphatic carbocycles. The molecule has 1 N–H and O–H groups in total. The summed E-state index contributed by atoms with van der Waals surface area (Å²) < 4.78 is 5.27. The van der Waals surface area contributed by atoms with Crippen LogP contribution in [0.15, 0.2) is 24.5 Å². The summed E-state index contributed by atoms with van der Waals surface area (Å²) in [7, 11) is 0. The fourth-order valence-corrected chi connectivity index (χ4v) is 2.22.